The highest BCUT2D eigenvalue weighted by Crippen LogP contribution is 2.25. The van der Waals surface area contributed by atoms with E-state index in [1.165, 1.54) is 6.07 Å². The van der Waals surface area contributed by atoms with Crippen LogP contribution in [0.4, 0.5) is 4.39 Å². The quantitative estimate of drug-likeness (QED) is 0.863. The zero-order valence-corrected chi connectivity index (χ0v) is 15.3. The number of hydrogen-bond acceptors (Lipinski definition) is 5. The Bertz CT molecular complexity index is 851. The van der Waals surface area contributed by atoms with Gasteiger partial charge in [-0.15, -0.1) is 0 Å². The van der Waals surface area contributed by atoms with Crippen molar-refractivity contribution in [2.75, 3.05) is 6.54 Å². The molecule has 144 valence electrons. The van der Waals surface area contributed by atoms with Gasteiger partial charge in [0.2, 0.25) is 17.6 Å². The van der Waals surface area contributed by atoms with Gasteiger partial charge in [-0.2, -0.15) is 4.98 Å². The highest BCUT2D eigenvalue weighted by Gasteiger charge is 2.35. The van der Waals surface area contributed by atoms with E-state index >= 15 is 0 Å². The second kappa shape index (κ2) is 7.85. The minimum absolute atomic E-state index is 0.130. The first-order chi connectivity index (χ1) is 12.9. The van der Waals surface area contributed by atoms with Crippen LogP contribution >= 0.6 is 0 Å². The molecule has 2 atom stereocenters. The van der Waals surface area contributed by atoms with Gasteiger partial charge >= 0.3 is 5.97 Å². The van der Waals surface area contributed by atoms with E-state index in [4.69, 9.17) is 4.52 Å². The molecule has 8 heteroatoms. The van der Waals surface area contributed by atoms with Gasteiger partial charge in [-0.1, -0.05) is 17.3 Å². The van der Waals surface area contributed by atoms with E-state index in [0.717, 1.165) is 0 Å². The van der Waals surface area contributed by atoms with E-state index in [1.807, 2.05) is 0 Å². The fraction of sp³-hybridized carbons (Fsp3) is 0.474. The molecule has 27 heavy (non-hydrogen) atoms. The predicted molar refractivity (Wildman–Crippen MR) is 94.3 cm³/mol. The fourth-order valence-electron chi connectivity index (χ4n) is 3.39. The molecule has 0 radical (unpaired) electrons. The number of aryl methyl sites for hydroxylation is 2. The van der Waals surface area contributed by atoms with Crippen LogP contribution in [0.25, 0.3) is 11.4 Å². The molecule has 0 spiro atoms. The molecule has 0 saturated carbocycles. The number of carbonyl (C=O) groups excluding carboxylic acids is 1. The lowest BCUT2D eigenvalue weighted by atomic mass is 9.90. The SMILES string of the molecule is Cc1ccc(-c2noc(CCC(=O)N3CCC[C@@H](C(=O)O)[C@H]3C)n2)cc1F. The highest BCUT2D eigenvalue weighted by atomic mass is 19.1. The van der Waals surface area contributed by atoms with Gasteiger partial charge in [0.15, 0.2) is 0 Å². The fourth-order valence-corrected chi connectivity index (χ4v) is 3.39. The summed E-state index contributed by atoms with van der Waals surface area (Å²) >= 11 is 0. The Morgan fingerprint density at radius 3 is 2.89 bits per heavy atom. The third-order valence-corrected chi connectivity index (χ3v) is 5.08. The number of benzene rings is 1. The number of aromatic nitrogens is 2. The molecule has 1 amide bonds. The summed E-state index contributed by atoms with van der Waals surface area (Å²) < 4.78 is 18.8. The van der Waals surface area contributed by atoms with E-state index in [9.17, 15) is 19.1 Å². The van der Waals surface area contributed by atoms with Crippen LogP contribution in [-0.4, -0.2) is 44.6 Å². The number of likely N-dealkylation sites (tertiary alicyclic amines) is 1. The predicted octanol–water partition coefficient (Wildman–Crippen LogP) is 2.83. The molecule has 1 aliphatic rings. The van der Waals surface area contributed by atoms with Crippen LogP contribution in [0.5, 0.6) is 0 Å². The van der Waals surface area contributed by atoms with Crippen LogP contribution in [0.1, 0.15) is 37.6 Å². The summed E-state index contributed by atoms with van der Waals surface area (Å²) in [5.74, 6) is -1.32. The highest BCUT2D eigenvalue weighted by molar-refractivity contribution is 5.78. The molecule has 0 unspecified atom stereocenters. The van der Waals surface area contributed by atoms with Gasteiger partial charge in [0.25, 0.3) is 0 Å². The van der Waals surface area contributed by atoms with Crippen LogP contribution < -0.4 is 0 Å². The van der Waals surface area contributed by atoms with Crippen molar-refractivity contribution in [1.29, 1.82) is 0 Å². The molecule has 3 rings (SSSR count). The molecule has 2 aromatic rings. The summed E-state index contributed by atoms with van der Waals surface area (Å²) in [6.07, 6.45) is 1.67. The van der Waals surface area contributed by atoms with Crippen LogP contribution in [-0.2, 0) is 16.0 Å². The first-order valence-electron chi connectivity index (χ1n) is 8.98. The molecule has 0 bridgehead atoms. The van der Waals surface area contributed by atoms with Gasteiger partial charge in [0.1, 0.15) is 5.82 Å². The monoisotopic (exact) mass is 375 g/mol. The maximum atomic E-state index is 13.7. The summed E-state index contributed by atoms with van der Waals surface area (Å²) in [4.78, 5) is 29.6. The molecular formula is C19H22FN3O4. The number of carbonyl (C=O) groups is 2. The molecule has 1 aliphatic heterocycles. The zero-order valence-electron chi connectivity index (χ0n) is 15.3. The molecule has 1 aromatic carbocycles. The number of hydrogen-bond donors (Lipinski definition) is 1. The molecule has 1 fully saturated rings. The van der Waals surface area contributed by atoms with Crippen molar-refractivity contribution in [3.8, 4) is 11.4 Å². The number of rotatable bonds is 5. The van der Waals surface area contributed by atoms with E-state index in [2.05, 4.69) is 10.1 Å². The largest absolute Gasteiger partial charge is 0.481 e. The number of carboxylic acid groups (broad SMARTS) is 1. The Kier molecular flexibility index (Phi) is 5.53. The molecule has 1 saturated heterocycles. The Morgan fingerprint density at radius 1 is 1.41 bits per heavy atom. The second-order valence-electron chi connectivity index (χ2n) is 6.89. The zero-order chi connectivity index (χ0) is 19.6. The van der Waals surface area contributed by atoms with Crippen molar-refractivity contribution in [1.82, 2.24) is 15.0 Å². The van der Waals surface area contributed by atoms with Gasteiger partial charge < -0.3 is 14.5 Å². The molecular weight excluding hydrogens is 353 g/mol. The van der Waals surface area contributed by atoms with Crippen molar-refractivity contribution in [3.05, 3.63) is 35.5 Å². The lowest BCUT2D eigenvalue weighted by Gasteiger charge is -2.37. The van der Waals surface area contributed by atoms with Crippen LogP contribution in [0, 0.1) is 18.7 Å². The standard InChI is InChI=1S/C19H22FN3O4/c1-11-5-6-13(10-15(11)20)18-21-16(27-22-18)7-8-17(24)23-9-3-4-14(12(23)2)19(25)26/h5-6,10,12,14H,3-4,7-9H2,1-2H3,(H,25,26)/t12-,14-/m1/s1. The Morgan fingerprint density at radius 2 is 2.19 bits per heavy atom. The van der Waals surface area contributed by atoms with Crippen LogP contribution in [0.15, 0.2) is 22.7 Å². The molecule has 2 heterocycles. The normalized spacial score (nSPS) is 19.9. The molecule has 0 aliphatic carbocycles. The van der Waals surface area contributed by atoms with Crippen molar-refractivity contribution >= 4 is 11.9 Å². The van der Waals surface area contributed by atoms with Crippen molar-refractivity contribution in [2.45, 2.75) is 45.6 Å². The minimum atomic E-state index is -0.869. The van der Waals surface area contributed by atoms with Gasteiger partial charge in [-0.25, -0.2) is 4.39 Å². The van der Waals surface area contributed by atoms with Gasteiger partial charge in [0, 0.05) is 31.0 Å². The first kappa shape index (κ1) is 19.0. The summed E-state index contributed by atoms with van der Waals surface area (Å²) in [5.41, 5.74) is 1.04. The second-order valence-corrected chi connectivity index (χ2v) is 6.89. The number of amides is 1. The van der Waals surface area contributed by atoms with E-state index in [-0.39, 0.29) is 36.4 Å². The Labute approximate surface area is 156 Å². The average molecular weight is 375 g/mol. The van der Waals surface area contributed by atoms with Gasteiger partial charge in [-0.3, -0.25) is 9.59 Å². The van der Waals surface area contributed by atoms with Crippen molar-refractivity contribution < 1.29 is 23.6 Å². The van der Waals surface area contributed by atoms with Gasteiger partial charge in [0.05, 0.1) is 5.92 Å². The van der Waals surface area contributed by atoms with Crippen molar-refractivity contribution in [2.24, 2.45) is 5.92 Å². The number of aliphatic carboxylic acids is 1. The smallest absolute Gasteiger partial charge is 0.308 e. The third-order valence-electron chi connectivity index (χ3n) is 5.08. The molecule has 7 nitrogen and oxygen atoms in total. The maximum Gasteiger partial charge on any atom is 0.308 e. The summed E-state index contributed by atoms with van der Waals surface area (Å²) in [7, 11) is 0. The molecule has 1 aromatic heterocycles. The number of piperidine rings is 1. The van der Waals surface area contributed by atoms with E-state index in [0.29, 0.717) is 36.4 Å². The summed E-state index contributed by atoms with van der Waals surface area (Å²) in [6, 6.07) is 4.36. The van der Waals surface area contributed by atoms with Crippen LogP contribution in [0.2, 0.25) is 0 Å². The molecule has 1 N–H and O–H groups in total. The summed E-state index contributed by atoms with van der Waals surface area (Å²) in [6.45, 7) is 4.00. The van der Waals surface area contributed by atoms with Crippen molar-refractivity contribution in [3.63, 3.8) is 0 Å². The third kappa shape index (κ3) is 4.15. The van der Waals surface area contributed by atoms with Crippen LogP contribution in [0.3, 0.4) is 0 Å². The number of carboxylic acids is 1. The summed E-state index contributed by atoms with van der Waals surface area (Å²) in [5, 5.41) is 13.1. The Hall–Kier alpha value is -2.77. The average Bonchev–Trinajstić information content (AvgIpc) is 3.11. The minimum Gasteiger partial charge on any atom is -0.481 e. The number of halogens is 1. The maximum absolute atomic E-state index is 13.7. The topological polar surface area (TPSA) is 96.5 Å². The first-order valence-corrected chi connectivity index (χ1v) is 8.98. The Balaban J connectivity index is 1.62. The van der Waals surface area contributed by atoms with Gasteiger partial charge in [-0.05, 0) is 38.3 Å². The van der Waals surface area contributed by atoms with E-state index < -0.39 is 11.9 Å². The number of nitrogens with zero attached hydrogens (tertiary/aromatic N) is 3. The lowest BCUT2D eigenvalue weighted by Crippen LogP contribution is -2.49. The van der Waals surface area contributed by atoms with E-state index in [1.54, 1.807) is 30.9 Å². The lowest BCUT2D eigenvalue weighted by molar-refractivity contribution is -0.149.